The lowest BCUT2D eigenvalue weighted by molar-refractivity contribution is 0.0620. The van der Waals surface area contributed by atoms with Crippen LogP contribution in [0.4, 0.5) is 10.5 Å². The first-order valence-corrected chi connectivity index (χ1v) is 8.15. The van der Waals surface area contributed by atoms with Gasteiger partial charge in [0.1, 0.15) is 11.4 Å². The molecule has 0 atom stereocenters. The number of benzene rings is 1. The molecule has 2 amide bonds. The van der Waals surface area contributed by atoms with Crippen molar-refractivity contribution in [2.45, 2.75) is 39.3 Å². The number of aromatic nitrogens is 1. The molecule has 1 aliphatic heterocycles. The number of amides is 2. The zero-order chi connectivity index (χ0) is 18.0. The molecule has 130 valence electrons. The number of urea groups is 1. The number of hydrogen-bond donors (Lipinski definition) is 2. The Bertz CT molecular complexity index is 830. The van der Waals surface area contributed by atoms with E-state index in [9.17, 15) is 9.59 Å². The lowest BCUT2D eigenvalue weighted by Crippen LogP contribution is -2.36. The van der Waals surface area contributed by atoms with Gasteiger partial charge in [-0.3, -0.25) is 9.78 Å². The van der Waals surface area contributed by atoms with E-state index in [1.54, 1.807) is 24.4 Å². The molecule has 2 N–H and O–H groups in total. The third-order valence-electron chi connectivity index (χ3n) is 3.92. The van der Waals surface area contributed by atoms with Crippen LogP contribution in [0, 0.1) is 6.92 Å². The number of nitrogens with one attached hydrogen (secondary N) is 2. The molecule has 2 aromatic rings. The molecule has 0 unspecified atom stereocenters. The second-order valence-electron chi connectivity index (χ2n) is 6.79. The van der Waals surface area contributed by atoms with Crippen LogP contribution in [0.15, 0.2) is 36.5 Å². The van der Waals surface area contributed by atoms with Crippen molar-refractivity contribution in [1.82, 2.24) is 10.3 Å². The second-order valence-corrected chi connectivity index (χ2v) is 6.79. The Morgan fingerprint density at radius 1 is 1.28 bits per heavy atom. The molecule has 25 heavy (non-hydrogen) atoms. The smallest absolute Gasteiger partial charge is 0.319 e. The number of aryl methyl sites for hydroxylation is 1. The average Bonchev–Trinajstić information content (AvgIpc) is 2.53. The maximum atomic E-state index is 12.3. The first-order chi connectivity index (χ1) is 11.8. The summed E-state index contributed by atoms with van der Waals surface area (Å²) in [6.07, 6.45) is 2.03. The number of Topliss-reactive ketones (excluding diaryl/α,β-unsaturated/α-hetero) is 1. The van der Waals surface area contributed by atoms with Crippen LogP contribution in [0.25, 0.3) is 0 Å². The molecule has 1 aliphatic rings. The van der Waals surface area contributed by atoms with Crippen LogP contribution >= 0.6 is 0 Å². The first-order valence-electron chi connectivity index (χ1n) is 8.15. The highest BCUT2D eigenvalue weighted by Crippen LogP contribution is 2.34. The van der Waals surface area contributed by atoms with E-state index in [1.807, 2.05) is 32.9 Å². The molecule has 0 saturated heterocycles. The van der Waals surface area contributed by atoms with Gasteiger partial charge in [-0.1, -0.05) is 0 Å². The van der Waals surface area contributed by atoms with Crippen LogP contribution < -0.4 is 15.4 Å². The van der Waals surface area contributed by atoms with Crippen molar-refractivity contribution in [2.75, 3.05) is 5.32 Å². The normalized spacial score (nSPS) is 15.1. The van der Waals surface area contributed by atoms with Gasteiger partial charge in [0.15, 0.2) is 5.78 Å². The van der Waals surface area contributed by atoms with Crippen LogP contribution in [0.2, 0.25) is 0 Å². The molecule has 0 aliphatic carbocycles. The number of fused-ring (bicyclic) bond motifs is 1. The van der Waals surface area contributed by atoms with Crippen molar-refractivity contribution in [3.05, 3.63) is 53.3 Å². The van der Waals surface area contributed by atoms with E-state index in [2.05, 4.69) is 15.6 Å². The van der Waals surface area contributed by atoms with Gasteiger partial charge in [0, 0.05) is 24.1 Å². The van der Waals surface area contributed by atoms with Crippen molar-refractivity contribution in [1.29, 1.82) is 0 Å². The van der Waals surface area contributed by atoms with Gasteiger partial charge in [0.05, 0.1) is 12.0 Å². The third kappa shape index (κ3) is 4.15. The standard InChI is InChI=1S/C19H21N3O3/c1-12-8-13(6-7-20-12)11-21-18(24)22-14-4-5-17-15(9-14)16(23)10-19(2,3)25-17/h4-9H,10-11H2,1-3H3,(H2,21,22,24). The van der Waals surface area contributed by atoms with Gasteiger partial charge in [0.25, 0.3) is 0 Å². The molecule has 0 radical (unpaired) electrons. The van der Waals surface area contributed by atoms with Gasteiger partial charge >= 0.3 is 6.03 Å². The Labute approximate surface area is 146 Å². The third-order valence-corrected chi connectivity index (χ3v) is 3.92. The largest absolute Gasteiger partial charge is 0.487 e. The number of nitrogens with zero attached hydrogens (tertiary/aromatic N) is 1. The molecular formula is C19H21N3O3. The van der Waals surface area contributed by atoms with E-state index in [-0.39, 0.29) is 11.8 Å². The molecule has 0 saturated carbocycles. The summed E-state index contributed by atoms with van der Waals surface area (Å²) in [5.41, 5.74) is 2.43. The molecule has 2 heterocycles. The number of carbonyl (C=O) groups excluding carboxylic acids is 2. The Balaban J connectivity index is 1.64. The molecule has 6 nitrogen and oxygen atoms in total. The Morgan fingerprint density at radius 3 is 2.84 bits per heavy atom. The predicted octanol–water partition coefficient (Wildman–Crippen LogP) is 3.46. The van der Waals surface area contributed by atoms with E-state index in [0.717, 1.165) is 11.3 Å². The lowest BCUT2D eigenvalue weighted by atomic mass is 9.93. The van der Waals surface area contributed by atoms with Gasteiger partial charge in [-0.05, 0) is 56.7 Å². The van der Waals surface area contributed by atoms with Crippen molar-refractivity contribution < 1.29 is 14.3 Å². The number of ether oxygens (including phenoxy) is 1. The second kappa shape index (κ2) is 6.55. The molecule has 0 fully saturated rings. The lowest BCUT2D eigenvalue weighted by Gasteiger charge is -2.31. The van der Waals surface area contributed by atoms with E-state index >= 15 is 0 Å². The maximum absolute atomic E-state index is 12.3. The Morgan fingerprint density at radius 2 is 2.08 bits per heavy atom. The molecule has 6 heteroatoms. The minimum Gasteiger partial charge on any atom is -0.487 e. The highest BCUT2D eigenvalue weighted by Gasteiger charge is 2.32. The highest BCUT2D eigenvalue weighted by molar-refractivity contribution is 6.02. The maximum Gasteiger partial charge on any atom is 0.319 e. The minimum atomic E-state index is -0.501. The SMILES string of the molecule is Cc1cc(CNC(=O)Nc2ccc3c(c2)C(=O)CC(C)(C)O3)ccn1. The van der Waals surface area contributed by atoms with E-state index in [4.69, 9.17) is 4.74 Å². The first kappa shape index (κ1) is 17.0. The quantitative estimate of drug-likeness (QED) is 0.897. The van der Waals surface area contributed by atoms with E-state index in [0.29, 0.717) is 30.0 Å². The van der Waals surface area contributed by atoms with Crippen LogP contribution in [-0.4, -0.2) is 22.4 Å². The van der Waals surface area contributed by atoms with Crippen molar-refractivity contribution in [3.63, 3.8) is 0 Å². The summed E-state index contributed by atoms with van der Waals surface area (Å²) in [5.74, 6) is 0.571. The number of anilines is 1. The van der Waals surface area contributed by atoms with Gasteiger partial charge < -0.3 is 15.4 Å². The highest BCUT2D eigenvalue weighted by atomic mass is 16.5. The Hall–Kier alpha value is -2.89. The molecule has 1 aromatic carbocycles. The van der Waals surface area contributed by atoms with Crippen molar-refractivity contribution in [2.24, 2.45) is 0 Å². The monoisotopic (exact) mass is 339 g/mol. The number of carbonyl (C=O) groups is 2. The summed E-state index contributed by atoms with van der Waals surface area (Å²) in [6, 6.07) is 8.53. The van der Waals surface area contributed by atoms with E-state index < -0.39 is 5.60 Å². The summed E-state index contributed by atoms with van der Waals surface area (Å²) >= 11 is 0. The van der Waals surface area contributed by atoms with Gasteiger partial charge in [-0.15, -0.1) is 0 Å². The molecular weight excluding hydrogens is 318 g/mol. The Kier molecular flexibility index (Phi) is 4.44. The van der Waals surface area contributed by atoms with Gasteiger partial charge in [0.2, 0.25) is 0 Å². The fourth-order valence-corrected chi connectivity index (χ4v) is 2.80. The number of rotatable bonds is 3. The zero-order valence-electron chi connectivity index (χ0n) is 14.6. The number of ketones is 1. The summed E-state index contributed by atoms with van der Waals surface area (Å²) in [5, 5.41) is 5.53. The number of hydrogen-bond acceptors (Lipinski definition) is 4. The van der Waals surface area contributed by atoms with Gasteiger partial charge in [-0.25, -0.2) is 4.79 Å². The summed E-state index contributed by atoms with van der Waals surface area (Å²) in [6.45, 7) is 6.07. The topological polar surface area (TPSA) is 80.3 Å². The molecule has 1 aromatic heterocycles. The predicted molar refractivity (Wildman–Crippen MR) is 94.9 cm³/mol. The summed E-state index contributed by atoms with van der Waals surface area (Å²) in [4.78, 5) is 28.5. The number of pyridine rings is 1. The average molecular weight is 339 g/mol. The van der Waals surface area contributed by atoms with Crippen LogP contribution in [0.3, 0.4) is 0 Å². The molecule has 0 bridgehead atoms. The molecule has 3 rings (SSSR count). The fourth-order valence-electron chi connectivity index (χ4n) is 2.80. The minimum absolute atomic E-state index is 0.0163. The summed E-state index contributed by atoms with van der Waals surface area (Å²) < 4.78 is 5.81. The molecule has 0 spiro atoms. The van der Waals surface area contributed by atoms with Crippen LogP contribution in [0.1, 0.15) is 41.9 Å². The fraction of sp³-hybridized carbons (Fsp3) is 0.316. The summed E-state index contributed by atoms with van der Waals surface area (Å²) in [7, 11) is 0. The van der Waals surface area contributed by atoms with Crippen LogP contribution in [-0.2, 0) is 6.54 Å². The van der Waals surface area contributed by atoms with Crippen LogP contribution in [0.5, 0.6) is 5.75 Å². The van der Waals surface area contributed by atoms with Gasteiger partial charge in [-0.2, -0.15) is 0 Å². The van der Waals surface area contributed by atoms with E-state index in [1.165, 1.54) is 0 Å². The zero-order valence-corrected chi connectivity index (χ0v) is 14.6. The van der Waals surface area contributed by atoms with Crippen molar-refractivity contribution in [3.8, 4) is 5.75 Å². The van der Waals surface area contributed by atoms with Crippen molar-refractivity contribution >= 4 is 17.5 Å².